The lowest BCUT2D eigenvalue weighted by Crippen LogP contribution is -2.31. The average molecular weight is 280 g/mol. The van der Waals surface area contributed by atoms with Crippen LogP contribution in [0.25, 0.3) is 0 Å². The number of imide groups is 1. The fourth-order valence-electron chi connectivity index (χ4n) is 2.70. The van der Waals surface area contributed by atoms with Gasteiger partial charge in [-0.05, 0) is 31.0 Å². The Kier molecular flexibility index (Phi) is 2.90. The van der Waals surface area contributed by atoms with Gasteiger partial charge in [0.1, 0.15) is 5.82 Å². The van der Waals surface area contributed by atoms with Crippen LogP contribution in [-0.4, -0.2) is 11.8 Å². The highest BCUT2D eigenvalue weighted by molar-refractivity contribution is 6.36. The topological polar surface area (TPSA) is 37.4 Å². The second kappa shape index (κ2) is 4.46. The summed E-state index contributed by atoms with van der Waals surface area (Å²) < 4.78 is 13.0. The molecule has 0 bridgehead atoms. The van der Waals surface area contributed by atoms with E-state index in [0.717, 1.165) is 11.0 Å². The van der Waals surface area contributed by atoms with Crippen LogP contribution in [0.4, 0.5) is 10.1 Å². The molecule has 3 nitrogen and oxygen atoms in total. The van der Waals surface area contributed by atoms with Gasteiger partial charge in [0.15, 0.2) is 0 Å². The molecule has 0 N–H and O–H groups in total. The zero-order valence-corrected chi connectivity index (χ0v) is 10.7. The summed E-state index contributed by atoms with van der Waals surface area (Å²) in [6, 6.07) is 3.68. The number of hydrogen-bond acceptors (Lipinski definition) is 2. The van der Waals surface area contributed by atoms with Crippen LogP contribution < -0.4 is 4.90 Å². The number of fused-ring (bicyclic) bond motifs is 1. The van der Waals surface area contributed by atoms with Crippen LogP contribution in [-0.2, 0) is 9.59 Å². The first kappa shape index (κ1) is 12.4. The Hall–Kier alpha value is -1.68. The first-order chi connectivity index (χ1) is 9.09. The fourth-order valence-corrected chi connectivity index (χ4v) is 2.95. The summed E-state index contributed by atoms with van der Waals surface area (Å²) in [6.07, 6.45) is 4.99. The molecule has 0 radical (unpaired) electrons. The highest BCUT2D eigenvalue weighted by Crippen LogP contribution is 2.39. The van der Waals surface area contributed by atoms with E-state index in [1.54, 1.807) is 0 Å². The predicted octanol–water partition coefficient (Wildman–Crippen LogP) is 2.93. The summed E-state index contributed by atoms with van der Waals surface area (Å²) in [6.45, 7) is 0. The number of rotatable bonds is 1. The van der Waals surface area contributed by atoms with Crippen molar-refractivity contribution in [1.82, 2.24) is 0 Å². The molecule has 3 rings (SSSR count). The minimum Gasteiger partial charge on any atom is -0.274 e. The highest BCUT2D eigenvalue weighted by atomic mass is 35.5. The fraction of sp³-hybridized carbons (Fsp3) is 0.286. The molecule has 98 valence electrons. The van der Waals surface area contributed by atoms with E-state index in [9.17, 15) is 14.0 Å². The van der Waals surface area contributed by atoms with E-state index in [2.05, 4.69) is 0 Å². The van der Waals surface area contributed by atoms with Crippen LogP contribution in [0.2, 0.25) is 5.02 Å². The van der Waals surface area contributed by atoms with E-state index in [1.165, 1.54) is 12.1 Å². The quantitative estimate of drug-likeness (QED) is 0.585. The molecule has 0 spiro atoms. The van der Waals surface area contributed by atoms with Gasteiger partial charge in [-0.3, -0.25) is 9.59 Å². The Morgan fingerprint density at radius 3 is 2.21 bits per heavy atom. The molecular weight excluding hydrogens is 269 g/mol. The summed E-state index contributed by atoms with van der Waals surface area (Å²) in [5.41, 5.74) is 0.271. The standard InChI is InChI=1S/C14H11ClFNO2/c15-11-7-8(16)5-6-12(11)17-13(18)9-3-1-2-4-10(9)14(17)19/h1-2,5-7,9-10H,3-4H2. The maximum Gasteiger partial charge on any atom is 0.238 e. The molecule has 1 aromatic rings. The number of hydrogen-bond donors (Lipinski definition) is 0. The summed E-state index contributed by atoms with van der Waals surface area (Å²) in [7, 11) is 0. The Labute approximate surface area is 114 Å². The maximum atomic E-state index is 13.0. The molecular formula is C14H11ClFNO2. The van der Waals surface area contributed by atoms with Crippen LogP contribution in [0, 0.1) is 17.7 Å². The number of carbonyl (C=O) groups is 2. The monoisotopic (exact) mass is 279 g/mol. The van der Waals surface area contributed by atoms with E-state index in [1.807, 2.05) is 12.2 Å². The molecule has 2 aliphatic rings. The molecule has 1 aliphatic heterocycles. The third-order valence-corrected chi connectivity index (χ3v) is 3.96. The Morgan fingerprint density at radius 1 is 1.11 bits per heavy atom. The number of carbonyl (C=O) groups excluding carboxylic acids is 2. The number of anilines is 1. The van der Waals surface area contributed by atoms with Gasteiger partial charge in [0.05, 0.1) is 22.5 Å². The van der Waals surface area contributed by atoms with E-state index in [4.69, 9.17) is 11.6 Å². The molecule has 1 heterocycles. The van der Waals surface area contributed by atoms with Gasteiger partial charge >= 0.3 is 0 Å². The number of nitrogens with zero attached hydrogens (tertiary/aromatic N) is 1. The lowest BCUT2D eigenvalue weighted by atomic mass is 9.85. The zero-order chi connectivity index (χ0) is 13.6. The molecule has 1 saturated heterocycles. The molecule has 1 aliphatic carbocycles. The molecule has 2 amide bonds. The van der Waals surface area contributed by atoms with Crippen LogP contribution in [0.1, 0.15) is 12.8 Å². The van der Waals surface area contributed by atoms with Gasteiger partial charge in [0, 0.05) is 0 Å². The van der Waals surface area contributed by atoms with E-state index >= 15 is 0 Å². The second-order valence-electron chi connectivity index (χ2n) is 4.76. The van der Waals surface area contributed by atoms with Crippen molar-refractivity contribution < 1.29 is 14.0 Å². The van der Waals surface area contributed by atoms with Crippen LogP contribution in [0.3, 0.4) is 0 Å². The second-order valence-corrected chi connectivity index (χ2v) is 5.17. The van der Waals surface area contributed by atoms with Crippen LogP contribution in [0.15, 0.2) is 30.4 Å². The summed E-state index contributed by atoms with van der Waals surface area (Å²) in [5, 5.41) is 0.0771. The number of allylic oxidation sites excluding steroid dienone is 2. The van der Waals surface area contributed by atoms with E-state index in [-0.39, 0.29) is 34.4 Å². The normalized spacial score (nSPS) is 25.9. The first-order valence-electron chi connectivity index (χ1n) is 6.07. The molecule has 1 fully saturated rings. The Morgan fingerprint density at radius 2 is 1.68 bits per heavy atom. The zero-order valence-electron chi connectivity index (χ0n) is 9.98. The first-order valence-corrected chi connectivity index (χ1v) is 6.45. The number of halogens is 2. The predicted molar refractivity (Wildman–Crippen MR) is 69.3 cm³/mol. The van der Waals surface area contributed by atoms with Crippen LogP contribution >= 0.6 is 11.6 Å². The minimum atomic E-state index is -0.494. The summed E-state index contributed by atoms with van der Waals surface area (Å²) >= 11 is 5.94. The molecule has 2 atom stereocenters. The summed E-state index contributed by atoms with van der Waals surface area (Å²) in [4.78, 5) is 25.7. The van der Waals surface area contributed by atoms with Crippen molar-refractivity contribution in [3.8, 4) is 0 Å². The van der Waals surface area contributed by atoms with Gasteiger partial charge in [0.2, 0.25) is 11.8 Å². The van der Waals surface area contributed by atoms with Gasteiger partial charge in [-0.1, -0.05) is 23.8 Å². The Bertz CT molecular complexity index is 573. The van der Waals surface area contributed by atoms with Crippen molar-refractivity contribution in [3.63, 3.8) is 0 Å². The van der Waals surface area contributed by atoms with Gasteiger partial charge in [-0.2, -0.15) is 0 Å². The van der Waals surface area contributed by atoms with Crippen molar-refractivity contribution in [3.05, 3.63) is 41.2 Å². The Balaban J connectivity index is 2.02. The van der Waals surface area contributed by atoms with Gasteiger partial charge in [0.25, 0.3) is 0 Å². The number of amides is 2. The van der Waals surface area contributed by atoms with Gasteiger partial charge in [-0.15, -0.1) is 0 Å². The van der Waals surface area contributed by atoms with Crippen molar-refractivity contribution in [1.29, 1.82) is 0 Å². The lowest BCUT2D eigenvalue weighted by molar-refractivity contribution is -0.122. The van der Waals surface area contributed by atoms with Gasteiger partial charge < -0.3 is 0 Å². The highest BCUT2D eigenvalue weighted by Gasteiger charge is 2.48. The van der Waals surface area contributed by atoms with E-state index < -0.39 is 5.82 Å². The largest absolute Gasteiger partial charge is 0.274 e. The molecule has 5 heteroatoms. The maximum absolute atomic E-state index is 13.0. The van der Waals surface area contributed by atoms with E-state index in [0.29, 0.717) is 12.8 Å². The molecule has 19 heavy (non-hydrogen) atoms. The third-order valence-electron chi connectivity index (χ3n) is 3.66. The van der Waals surface area contributed by atoms with Crippen molar-refractivity contribution in [2.75, 3.05) is 4.90 Å². The molecule has 0 saturated carbocycles. The van der Waals surface area contributed by atoms with Crippen molar-refractivity contribution >= 4 is 29.1 Å². The average Bonchev–Trinajstić information content (AvgIpc) is 2.64. The third kappa shape index (κ3) is 1.87. The molecule has 1 aromatic carbocycles. The molecule has 2 unspecified atom stereocenters. The number of benzene rings is 1. The smallest absolute Gasteiger partial charge is 0.238 e. The van der Waals surface area contributed by atoms with Crippen LogP contribution in [0.5, 0.6) is 0 Å². The molecule has 0 aromatic heterocycles. The minimum absolute atomic E-state index is 0.0771. The van der Waals surface area contributed by atoms with Crippen molar-refractivity contribution in [2.45, 2.75) is 12.8 Å². The van der Waals surface area contributed by atoms with Crippen molar-refractivity contribution in [2.24, 2.45) is 11.8 Å². The lowest BCUT2D eigenvalue weighted by Gasteiger charge is -2.16. The SMILES string of the molecule is O=C1C2CC=CCC2C(=O)N1c1ccc(F)cc1Cl. The van der Waals surface area contributed by atoms with Gasteiger partial charge in [-0.25, -0.2) is 9.29 Å². The summed E-state index contributed by atoms with van der Waals surface area (Å²) in [5.74, 6) is -1.59.